The molecule has 8 nitrogen and oxygen atoms in total. The van der Waals surface area contributed by atoms with Crippen molar-refractivity contribution in [2.45, 2.75) is 25.5 Å². The molecule has 0 aliphatic carbocycles. The van der Waals surface area contributed by atoms with Gasteiger partial charge in [0.2, 0.25) is 11.1 Å². The third-order valence-corrected chi connectivity index (χ3v) is 5.65. The molecule has 2 aromatic heterocycles. The third kappa shape index (κ3) is 4.61. The summed E-state index contributed by atoms with van der Waals surface area (Å²) in [5.41, 5.74) is 3.67. The van der Waals surface area contributed by atoms with Gasteiger partial charge in [0.1, 0.15) is 0 Å². The van der Waals surface area contributed by atoms with E-state index in [2.05, 4.69) is 15.3 Å². The lowest BCUT2D eigenvalue weighted by Crippen LogP contribution is -2.32. The fraction of sp³-hybridized carbons (Fsp3) is 0.182. The molecule has 31 heavy (non-hydrogen) atoms. The second kappa shape index (κ2) is 9.05. The fourth-order valence-corrected chi connectivity index (χ4v) is 3.97. The third-order valence-electron chi connectivity index (χ3n) is 4.72. The van der Waals surface area contributed by atoms with Gasteiger partial charge in [-0.05, 0) is 37.6 Å². The lowest BCUT2D eigenvalue weighted by Gasteiger charge is -2.23. The summed E-state index contributed by atoms with van der Waals surface area (Å²) in [5.74, 6) is 6.73. The summed E-state index contributed by atoms with van der Waals surface area (Å²) in [5, 5.41) is 13.1. The molecule has 2 heterocycles. The summed E-state index contributed by atoms with van der Waals surface area (Å²) in [6, 6.07) is 21.5. The average molecular weight is 434 g/mol. The number of para-hydroxylation sites is 1. The lowest BCUT2D eigenvalue weighted by molar-refractivity contribution is -0.116. The number of benzene rings is 2. The Balaban J connectivity index is 1.51. The van der Waals surface area contributed by atoms with E-state index < -0.39 is 0 Å². The number of thioether (sulfide) groups is 1. The van der Waals surface area contributed by atoms with Gasteiger partial charge in [0.05, 0.1) is 18.0 Å². The van der Waals surface area contributed by atoms with Gasteiger partial charge in [0, 0.05) is 11.4 Å². The highest BCUT2D eigenvalue weighted by Gasteiger charge is 2.20. The van der Waals surface area contributed by atoms with Crippen LogP contribution in [0.3, 0.4) is 0 Å². The smallest absolute Gasteiger partial charge is 0.271 e. The number of nitrogens with zero attached hydrogens (tertiary/aromatic N) is 6. The molecule has 9 heteroatoms. The topological polar surface area (TPSA) is 94.9 Å². The Hall–Kier alpha value is -3.59. The van der Waals surface area contributed by atoms with E-state index in [0.29, 0.717) is 17.6 Å². The number of carbonyl (C=O) groups is 1. The molecule has 1 amide bonds. The Morgan fingerprint density at radius 3 is 2.35 bits per heavy atom. The number of nitrogen functional groups attached to an aromatic ring is 1. The Morgan fingerprint density at radius 2 is 1.71 bits per heavy atom. The van der Waals surface area contributed by atoms with E-state index in [1.165, 1.54) is 16.4 Å². The molecular formula is C22H23N7OS. The fourth-order valence-electron chi connectivity index (χ4n) is 3.25. The van der Waals surface area contributed by atoms with Gasteiger partial charge in [-0.1, -0.05) is 60.3 Å². The number of hydrogen-bond acceptors (Lipinski definition) is 6. The van der Waals surface area contributed by atoms with Crippen molar-refractivity contribution in [1.29, 1.82) is 0 Å². The van der Waals surface area contributed by atoms with Gasteiger partial charge in [-0.3, -0.25) is 4.79 Å². The molecule has 0 saturated carbocycles. The van der Waals surface area contributed by atoms with Crippen LogP contribution in [0.1, 0.15) is 17.0 Å². The molecule has 0 aliphatic rings. The zero-order chi connectivity index (χ0) is 21.8. The maximum atomic E-state index is 13.2. The van der Waals surface area contributed by atoms with Crippen LogP contribution >= 0.6 is 11.8 Å². The highest BCUT2D eigenvalue weighted by molar-refractivity contribution is 7.99. The average Bonchev–Trinajstić information content (AvgIpc) is 3.32. The van der Waals surface area contributed by atoms with Gasteiger partial charge >= 0.3 is 0 Å². The summed E-state index contributed by atoms with van der Waals surface area (Å²) < 4.78 is 3.00. The Bertz CT molecular complexity index is 1170. The van der Waals surface area contributed by atoms with Gasteiger partial charge in [0.15, 0.2) is 0 Å². The summed E-state index contributed by atoms with van der Waals surface area (Å²) in [7, 11) is 0. The molecule has 4 aromatic rings. The van der Waals surface area contributed by atoms with Crippen molar-refractivity contribution in [3.8, 4) is 5.95 Å². The van der Waals surface area contributed by atoms with Crippen LogP contribution in [0.25, 0.3) is 5.95 Å². The molecular weight excluding hydrogens is 410 g/mol. The van der Waals surface area contributed by atoms with E-state index in [0.717, 1.165) is 22.6 Å². The van der Waals surface area contributed by atoms with Crippen molar-refractivity contribution in [1.82, 2.24) is 24.7 Å². The van der Waals surface area contributed by atoms with E-state index in [1.807, 2.05) is 80.6 Å². The predicted octanol–water partition coefficient (Wildman–Crippen LogP) is 3.12. The summed E-state index contributed by atoms with van der Waals surface area (Å²) in [4.78, 5) is 14.9. The quantitative estimate of drug-likeness (QED) is 0.355. The predicted molar refractivity (Wildman–Crippen MR) is 122 cm³/mol. The van der Waals surface area contributed by atoms with Crippen molar-refractivity contribution in [3.05, 3.63) is 83.7 Å². The van der Waals surface area contributed by atoms with Crippen molar-refractivity contribution in [2.75, 3.05) is 16.5 Å². The second-order valence-electron chi connectivity index (χ2n) is 7.08. The number of hydrogen-bond donors (Lipinski definition) is 1. The van der Waals surface area contributed by atoms with E-state index in [9.17, 15) is 4.79 Å². The molecule has 0 saturated heterocycles. The van der Waals surface area contributed by atoms with Crippen molar-refractivity contribution in [2.24, 2.45) is 0 Å². The van der Waals surface area contributed by atoms with Gasteiger partial charge in [-0.2, -0.15) is 5.10 Å². The van der Waals surface area contributed by atoms with Crippen LogP contribution in [0, 0.1) is 13.8 Å². The summed E-state index contributed by atoms with van der Waals surface area (Å²) in [6.07, 6.45) is 0. The Kier molecular flexibility index (Phi) is 6.03. The molecule has 0 fully saturated rings. The molecule has 0 spiro atoms. The number of anilines is 1. The first-order chi connectivity index (χ1) is 15.0. The van der Waals surface area contributed by atoms with E-state index >= 15 is 0 Å². The van der Waals surface area contributed by atoms with Crippen LogP contribution in [0.15, 0.2) is 71.9 Å². The number of aromatic nitrogens is 5. The van der Waals surface area contributed by atoms with Gasteiger partial charge in [-0.15, -0.1) is 10.2 Å². The Labute approximate surface area is 184 Å². The second-order valence-corrected chi connectivity index (χ2v) is 8.02. The van der Waals surface area contributed by atoms with Crippen molar-refractivity contribution < 1.29 is 4.79 Å². The van der Waals surface area contributed by atoms with Crippen LogP contribution in [0.4, 0.5) is 5.69 Å². The molecule has 158 valence electrons. The number of nitrogens with two attached hydrogens (primary N) is 1. The molecule has 2 aromatic carbocycles. The summed E-state index contributed by atoms with van der Waals surface area (Å²) in [6.45, 7) is 4.31. The number of rotatable bonds is 7. The van der Waals surface area contributed by atoms with Crippen LogP contribution in [0.2, 0.25) is 0 Å². The number of carbonyl (C=O) groups excluding carboxylic acids is 1. The Morgan fingerprint density at radius 1 is 1.03 bits per heavy atom. The maximum Gasteiger partial charge on any atom is 0.271 e. The normalized spacial score (nSPS) is 10.9. The van der Waals surface area contributed by atoms with E-state index in [-0.39, 0.29) is 11.7 Å². The minimum absolute atomic E-state index is 0.0456. The molecule has 2 N–H and O–H groups in total. The number of amides is 1. The van der Waals surface area contributed by atoms with Gasteiger partial charge in [-0.25, -0.2) is 9.36 Å². The molecule has 0 bridgehead atoms. The highest BCUT2D eigenvalue weighted by Crippen LogP contribution is 2.22. The first-order valence-electron chi connectivity index (χ1n) is 9.79. The standard InChI is InChI=1S/C22H23N7OS/c1-16-13-17(2)29(26-16)21-24-25-22(28(21)23)31-15-20(30)27(19-11-7-4-8-12-19)14-18-9-5-3-6-10-18/h3-13H,14-15,23H2,1-2H3. The van der Waals surface area contributed by atoms with Crippen LogP contribution in [-0.2, 0) is 11.3 Å². The number of aryl methyl sites for hydroxylation is 2. The molecule has 0 unspecified atom stereocenters. The van der Waals surface area contributed by atoms with Crippen LogP contribution in [-0.4, -0.2) is 36.3 Å². The zero-order valence-electron chi connectivity index (χ0n) is 17.3. The SMILES string of the molecule is Cc1cc(C)n(-c2nnc(SCC(=O)N(Cc3ccccc3)c3ccccc3)n2N)n1. The first kappa shape index (κ1) is 20.7. The van der Waals surface area contributed by atoms with Gasteiger partial charge < -0.3 is 10.7 Å². The van der Waals surface area contributed by atoms with Crippen molar-refractivity contribution >= 4 is 23.4 Å². The largest absolute Gasteiger partial charge is 0.334 e. The first-order valence-corrected chi connectivity index (χ1v) is 10.8. The zero-order valence-corrected chi connectivity index (χ0v) is 18.2. The van der Waals surface area contributed by atoms with Crippen LogP contribution < -0.4 is 10.7 Å². The van der Waals surface area contributed by atoms with Gasteiger partial charge in [0.25, 0.3) is 5.95 Å². The molecule has 4 rings (SSSR count). The highest BCUT2D eigenvalue weighted by atomic mass is 32.2. The monoisotopic (exact) mass is 433 g/mol. The minimum Gasteiger partial charge on any atom is -0.334 e. The van der Waals surface area contributed by atoms with E-state index in [1.54, 1.807) is 9.58 Å². The summed E-state index contributed by atoms with van der Waals surface area (Å²) >= 11 is 1.25. The van der Waals surface area contributed by atoms with E-state index in [4.69, 9.17) is 5.84 Å². The van der Waals surface area contributed by atoms with Crippen LogP contribution in [0.5, 0.6) is 0 Å². The lowest BCUT2D eigenvalue weighted by atomic mass is 10.2. The molecule has 0 radical (unpaired) electrons. The minimum atomic E-state index is -0.0456. The molecule has 0 atom stereocenters. The van der Waals surface area contributed by atoms with Crippen molar-refractivity contribution in [3.63, 3.8) is 0 Å². The molecule has 0 aliphatic heterocycles. The maximum absolute atomic E-state index is 13.2.